The van der Waals surface area contributed by atoms with Crippen LogP contribution in [0.3, 0.4) is 0 Å². The molecule has 0 bridgehead atoms. The fraction of sp³-hybridized carbons (Fsp3) is 0. The first-order chi connectivity index (χ1) is 15.3. The van der Waals surface area contributed by atoms with Crippen LogP contribution < -0.4 is 0 Å². The third-order valence-corrected chi connectivity index (χ3v) is 5.33. The van der Waals surface area contributed by atoms with E-state index >= 15 is 0 Å². The molecule has 0 unspecified atom stereocenters. The summed E-state index contributed by atoms with van der Waals surface area (Å²) in [4.78, 5) is 16.5. The molecule has 0 aliphatic carbocycles. The summed E-state index contributed by atoms with van der Waals surface area (Å²) in [6.07, 6.45) is 5.19. The second-order valence-corrected chi connectivity index (χ2v) is 7.19. The second kappa shape index (κ2) is 6.84. The Morgan fingerprint density at radius 1 is 0.774 bits per heavy atom. The van der Waals surface area contributed by atoms with Crippen molar-refractivity contribution in [2.24, 2.45) is 0 Å². The predicted octanol–water partition coefficient (Wildman–Crippen LogP) is 5.37. The van der Waals surface area contributed by atoms with Crippen LogP contribution >= 0.6 is 0 Å². The van der Waals surface area contributed by atoms with Crippen molar-refractivity contribution in [2.45, 2.75) is 0 Å². The number of rotatable bonds is 3. The Balaban J connectivity index is 1.53. The molecule has 2 N–H and O–H groups in total. The molecule has 4 aromatic heterocycles. The summed E-state index contributed by atoms with van der Waals surface area (Å²) in [5.74, 6) is 0.262. The minimum absolute atomic E-state index is 0.334. The summed E-state index contributed by atoms with van der Waals surface area (Å²) in [5.41, 5.74) is 6.01. The van der Waals surface area contributed by atoms with Crippen molar-refractivity contribution in [3.8, 4) is 33.9 Å². The Labute approximate surface area is 175 Å². The number of H-pyrrole nitrogens is 2. The summed E-state index contributed by atoms with van der Waals surface area (Å²) < 4.78 is 14.4. The van der Waals surface area contributed by atoms with Crippen molar-refractivity contribution in [1.82, 2.24) is 30.1 Å². The molecule has 0 atom stereocenters. The minimum atomic E-state index is -0.334. The van der Waals surface area contributed by atoms with Crippen LogP contribution in [0.1, 0.15) is 0 Å². The molecule has 2 aromatic carbocycles. The summed E-state index contributed by atoms with van der Waals surface area (Å²) in [5, 5.41) is 8.50. The topological polar surface area (TPSA) is 83.1 Å². The molecule has 6 nitrogen and oxygen atoms in total. The van der Waals surface area contributed by atoms with Gasteiger partial charge in [-0.15, -0.1) is 0 Å². The molecule has 31 heavy (non-hydrogen) atoms. The number of nitrogens with one attached hydrogen (secondary N) is 2. The summed E-state index contributed by atoms with van der Waals surface area (Å²) in [7, 11) is 0. The van der Waals surface area contributed by atoms with E-state index < -0.39 is 0 Å². The Hall–Kier alpha value is -4.39. The number of halogens is 1. The molecule has 7 heteroatoms. The molecule has 6 rings (SSSR count). The number of fused-ring (bicyclic) bond motifs is 2. The van der Waals surface area contributed by atoms with Crippen LogP contribution in [0.4, 0.5) is 4.39 Å². The lowest BCUT2D eigenvalue weighted by Crippen LogP contribution is -1.89. The van der Waals surface area contributed by atoms with Gasteiger partial charge >= 0.3 is 0 Å². The zero-order valence-electron chi connectivity index (χ0n) is 16.2. The minimum Gasteiger partial charge on any atom is -0.336 e. The Bertz CT molecular complexity index is 1550. The highest BCUT2D eigenvalue weighted by Gasteiger charge is 2.17. The zero-order valence-corrected chi connectivity index (χ0v) is 16.2. The van der Waals surface area contributed by atoms with Crippen molar-refractivity contribution in [3.63, 3.8) is 0 Å². The lowest BCUT2D eigenvalue weighted by atomic mass is 10.0. The molecule has 0 aliphatic heterocycles. The predicted molar refractivity (Wildman–Crippen MR) is 118 cm³/mol. The average Bonchev–Trinajstić information content (AvgIpc) is 3.43. The highest BCUT2D eigenvalue weighted by Crippen LogP contribution is 2.32. The van der Waals surface area contributed by atoms with Crippen LogP contribution in [0.2, 0.25) is 0 Å². The molecule has 4 heterocycles. The second-order valence-electron chi connectivity index (χ2n) is 7.19. The van der Waals surface area contributed by atoms with E-state index in [0.29, 0.717) is 28.3 Å². The maximum atomic E-state index is 14.4. The van der Waals surface area contributed by atoms with Gasteiger partial charge in [0.2, 0.25) is 0 Å². The van der Waals surface area contributed by atoms with Crippen LogP contribution in [0, 0.1) is 5.82 Å². The molecular weight excluding hydrogens is 391 g/mol. The van der Waals surface area contributed by atoms with E-state index in [0.717, 1.165) is 27.5 Å². The van der Waals surface area contributed by atoms with Gasteiger partial charge < -0.3 is 4.98 Å². The van der Waals surface area contributed by atoms with E-state index in [9.17, 15) is 4.39 Å². The normalized spacial score (nSPS) is 11.4. The van der Waals surface area contributed by atoms with Crippen LogP contribution in [0.5, 0.6) is 0 Å². The molecule has 0 radical (unpaired) electrons. The van der Waals surface area contributed by atoms with Crippen molar-refractivity contribution in [1.29, 1.82) is 0 Å². The van der Waals surface area contributed by atoms with Crippen molar-refractivity contribution < 1.29 is 4.39 Å². The molecular formula is C24H15FN6. The maximum Gasteiger partial charge on any atom is 0.159 e. The Morgan fingerprint density at radius 2 is 1.65 bits per heavy atom. The van der Waals surface area contributed by atoms with Crippen molar-refractivity contribution in [3.05, 3.63) is 85.1 Å². The SMILES string of the molecule is Fc1ccccc1-c1nccc2[nH]c(-c3n[nH]c4ccc(-c5ccncc5)cc34)nc12. The molecule has 0 aliphatic rings. The van der Waals surface area contributed by atoms with Gasteiger partial charge in [0.15, 0.2) is 5.82 Å². The molecule has 6 aromatic rings. The summed E-state index contributed by atoms with van der Waals surface area (Å²) >= 11 is 0. The molecule has 0 saturated heterocycles. The summed E-state index contributed by atoms with van der Waals surface area (Å²) in [6.45, 7) is 0. The van der Waals surface area contributed by atoms with Gasteiger partial charge in [-0.1, -0.05) is 18.2 Å². The van der Waals surface area contributed by atoms with E-state index in [-0.39, 0.29) is 5.82 Å². The fourth-order valence-electron chi connectivity index (χ4n) is 3.82. The summed E-state index contributed by atoms with van der Waals surface area (Å²) in [6, 6.07) is 18.4. The van der Waals surface area contributed by atoms with E-state index in [4.69, 9.17) is 4.98 Å². The van der Waals surface area contributed by atoms with Crippen molar-refractivity contribution >= 4 is 21.9 Å². The zero-order chi connectivity index (χ0) is 20.8. The van der Waals surface area contributed by atoms with Gasteiger partial charge in [-0.05, 0) is 53.6 Å². The number of imidazole rings is 1. The van der Waals surface area contributed by atoms with Gasteiger partial charge in [0, 0.05) is 29.5 Å². The quantitative estimate of drug-likeness (QED) is 0.414. The van der Waals surface area contributed by atoms with E-state index in [2.05, 4.69) is 31.2 Å². The number of hydrogen-bond acceptors (Lipinski definition) is 4. The van der Waals surface area contributed by atoms with Crippen LogP contribution in [-0.4, -0.2) is 30.1 Å². The molecule has 0 fully saturated rings. The molecule has 148 valence electrons. The number of aromatic nitrogens is 6. The van der Waals surface area contributed by atoms with Crippen LogP contribution in [-0.2, 0) is 0 Å². The lowest BCUT2D eigenvalue weighted by molar-refractivity contribution is 0.631. The Morgan fingerprint density at radius 3 is 2.52 bits per heavy atom. The lowest BCUT2D eigenvalue weighted by Gasteiger charge is -2.02. The van der Waals surface area contributed by atoms with Gasteiger partial charge in [0.05, 0.1) is 11.0 Å². The van der Waals surface area contributed by atoms with E-state index in [1.54, 1.807) is 36.8 Å². The average molecular weight is 406 g/mol. The largest absolute Gasteiger partial charge is 0.336 e. The number of nitrogens with zero attached hydrogens (tertiary/aromatic N) is 4. The highest BCUT2D eigenvalue weighted by molar-refractivity contribution is 5.97. The first kappa shape index (κ1) is 17.5. The fourth-order valence-corrected chi connectivity index (χ4v) is 3.82. The standard InChI is InChI=1S/C24H15FN6/c25-18-4-2-1-3-16(18)21-23-20(9-12-27-21)28-24(29-23)22-17-13-15(5-6-19(17)30-31-22)14-7-10-26-11-8-14/h1-13H,(H,28,29)(H,30,31). The Kier molecular flexibility index (Phi) is 3.86. The number of benzene rings is 2. The van der Waals surface area contributed by atoms with Gasteiger partial charge in [-0.3, -0.25) is 15.1 Å². The number of aromatic amines is 2. The smallest absolute Gasteiger partial charge is 0.159 e. The number of hydrogen-bond donors (Lipinski definition) is 2. The highest BCUT2D eigenvalue weighted by atomic mass is 19.1. The molecule has 0 amide bonds. The van der Waals surface area contributed by atoms with Gasteiger partial charge in [-0.2, -0.15) is 5.10 Å². The van der Waals surface area contributed by atoms with E-state index in [1.807, 2.05) is 30.3 Å². The van der Waals surface area contributed by atoms with Crippen LogP contribution in [0.25, 0.3) is 55.8 Å². The number of pyridine rings is 2. The first-order valence-electron chi connectivity index (χ1n) is 9.76. The maximum absolute atomic E-state index is 14.4. The van der Waals surface area contributed by atoms with Crippen LogP contribution in [0.15, 0.2) is 79.3 Å². The van der Waals surface area contributed by atoms with E-state index in [1.165, 1.54) is 6.07 Å². The third-order valence-electron chi connectivity index (χ3n) is 5.33. The van der Waals surface area contributed by atoms with Gasteiger partial charge in [0.25, 0.3) is 0 Å². The molecule has 0 saturated carbocycles. The molecule has 0 spiro atoms. The van der Waals surface area contributed by atoms with Gasteiger partial charge in [0.1, 0.15) is 22.7 Å². The van der Waals surface area contributed by atoms with Gasteiger partial charge in [-0.25, -0.2) is 9.37 Å². The monoisotopic (exact) mass is 406 g/mol. The van der Waals surface area contributed by atoms with Crippen molar-refractivity contribution in [2.75, 3.05) is 0 Å². The third kappa shape index (κ3) is 2.86. The first-order valence-corrected chi connectivity index (χ1v) is 9.76.